The van der Waals surface area contributed by atoms with Crippen molar-refractivity contribution < 1.29 is 23.3 Å². The number of carbonyl (C=O) groups excluding carboxylic acids is 3. The molecular weight excluding hydrogens is 521 g/mol. The molecule has 3 amide bonds. The van der Waals surface area contributed by atoms with Crippen LogP contribution < -0.4 is 22.1 Å². The number of hydrogen-bond acceptors (Lipinski definition) is 8. The van der Waals surface area contributed by atoms with Gasteiger partial charge in [0.2, 0.25) is 5.91 Å². The van der Waals surface area contributed by atoms with Crippen LogP contribution in [0.5, 0.6) is 0 Å². The highest BCUT2D eigenvalue weighted by Crippen LogP contribution is 2.34. The van der Waals surface area contributed by atoms with E-state index in [1.807, 2.05) is 12.1 Å². The number of nitrogens with zero attached hydrogens (tertiary/aromatic N) is 4. The molecule has 1 aliphatic rings. The Balaban J connectivity index is 1.26. The fourth-order valence-corrected chi connectivity index (χ4v) is 4.61. The summed E-state index contributed by atoms with van der Waals surface area (Å²) >= 11 is 0. The molecule has 12 nitrogen and oxygen atoms in total. The SMILES string of the molecule is Cc1cc(CNC(=O)c2cc(C(=O)N[C@H]3CCc4cc(-c5noc(=O)n5CC(N)=O)ccc43)ncn2)ccc1F. The van der Waals surface area contributed by atoms with Gasteiger partial charge in [0.25, 0.3) is 11.8 Å². The summed E-state index contributed by atoms with van der Waals surface area (Å²) in [7, 11) is 0. The van der Waals surface area contributed by atoms with Gasteiger partial charge in [-0.25, -0.2) is 23.7 Å². The van der Waals surface area contributed by atoms with Crippen LogP contribution in [0, 0.1) is 12.7 Å². The van der Waals surface area contributed by atoms with Crippen LogP contribution in [-0.4, -0.2) is 37.4 Å². The third kappa shape index (κ3) is 5.48. The molecule has 204 valence electrons. The van der Waals surface area contributed by atoms with Gasteiger partial charge in [-0.3, -0.25) is 18.9 Å². The fraction of sp³-hybridized carbons (Fsp3) is 0.222. The molecule has 2 aromatic carbocycles. The Kier molecular flexibility index (Phi) is 7.19. The minimum absolute atomic E-state index is 0.0186. The van der Waals surface area contributed by atoms with Crippen molar-refractivity contribution in [2.45, 2.75) is 38.9 Å². The number of benzene rings is 2. The number of nitrogens with two attached hydrogens (primary N) is 1. The summed E-state index contributed by atoms with van der Waals surface area (Å²) in [5, 5.41) is 9.42. The van der Waals surface area contributed by atoms with Gasteiger partial charge in [0.15, 0.2) is 5.82 Å². The van der Waals surface area contributed by atoms with Crippen molar-refractivity contribution in [1.29, 1.82) is 0 Å². The normalized spacial score (nSPS) is 14.0. The van der Waals surface area contributed by atoms with Crippen LogP contribution in [-0.2, 0) is 24.3 Å². The molecule has 0 saturated heterocycles. The van der Waals surface area contributed by atoms with Crippen LogP contribution in [0.2, 0.25) is 0 Å². The lowest BCUT2D eigenvalue weighted by molar-refractivity contribution is -0.118. The lowest BCUT2D eigenvalue weighted by Gasteiger charge is -2.14. The molecule has 0 unspecified atom stereocenters. The van der Waals surface area contributed by atoms with E-state index in [2.05, 4.69) is 25.8 Å². The molecule has 0 fully saturated rings. The zero-order valence-electron chi connectivity index (χ0n) is 21.3. The number of nitrogens with one attached hydrogen (secondary N) is 2. The second-order valence-electron chi connectivity index (χ2n) is 9.36. The van der Waals surface area contributed by atoms with Crippen molar-refractivity contribution in [2.24, 2.45) is 5.73 Å². The number of carbonyl (C=O) groups is 3. The first kappa shape index (κ1) is 26.4. The number of hydrogen-bond donors (Lipinski definition) is 3. The second-order valence-corrected chi connectivity index (χ2v) is 9.36. The second kappa shape index (κ2) is 10.9. The Morgan fingerprint density at radius 3 is 2.62 bits per heavy atom. The maximum atomic E-state index is 13.5. The van der Waals surface area contributed by atoms with Crippen molar-refractivity contribution in [3.05, 3.63) is 98.8 Å². The lowest BCUT2D eigenvalue weighted by Crippen LogP contribution is -2.29. The van der Waals surface area contributed by atoms with Gasteiger partial charge in [0, 0.05) is 18.2 Å². The molecule has 4 N–H and O–H groups in total. The molecule has 0 saturated carbocycles. The first-order valence-corrected chi connectivity index (χ1v) is 12.3. The summed E-state index contributed by atoms with van der Waals surface area (Å²) in [6, 6.07) is 10.9. The van der Waals surface area contributed by atoms with Gasteiger partial charge >= 0.3 is 5.76 Å². The summed E-state index contributed by atoms with van der Waals surface area (Å²) in [6.45, 7) is 1.44. The molecule has 40 heavy (non-hydrogen) atoms. The molecule has 2 aromatic heterocycles. The van der Waals surface area contributed by atoms with Crippen molar-refractivity contribution in [1.82, 2.24) is 30.3 Å². The van der Waals surface area contributed by atoms with E-state index in [-0.39, 0.29) is 42.2 Å². The monoisotopic (exact) mass is 545 g/mol. The van der Waals surface area contributed by atoms with Crippen molar-refractivity contribution in [2.75, 3.05) is 0 Å². The highest BCUT2D eigenvalue weighted by Gasteiger charge is 2.26. The first-order chi connectivity index (χ1) is 19.2. The molecule has 5 rings (SSSR count). The van der Waals surface area contributed by atoms with E-state index >= 15 is 0 Å². The number of amides is 3. The van der Waals surface area contributed by atoms with Crippen LogP contribution in [0.1, 0.15) is 55.7 Å². The quantitative estimate of drug-likeness (QED) is 0.299. The van der Waals surface area contributed by atoms with E-state index in [1.165, 1.54) is 12.1 Å². The standard InChI is InChI=1S/C27H24FN7O5/c1-14-8-15(2-6-19(14)28)11-30-25(37)21-10-22(32-13-31-21)26(38)33-20-7-4-16-9-17(3-5-18(16)20)24-34-40-27(39)35(24)12-23(29)36/h2-3,5-6,8-10,13,20H,4,7,11-12H2,1H3,(H2,29,36)(H,30,37)(H,33,38)/t20-/m0/s1. The molecule has 1 aliphatic carbocycles. The summed E-state index contributed by atoms with van der Waals surface area (Å²) in [5.74, 6) is -2.61. The van der Waals surface area contributed by atoms with Gasteiger partial charge in [-0.15, -0.1) is 0 Å². The van der Waals surface area contributed by atoms with Crippen molar-refractivity contribution in [3.8, 4) is 11.4 Å². The predicted molar refractivity (Wildman–Crippen MR) is 138 cm³/mol. The van der Waals surface area contributed by atoms with Gasteiger partial charge in [-0.2, -0.15) is 0 Å². The maximum Gasteiger partial charge on any atom is 0.442 e. The largest absolute Gasteiger partial charge is 0.442 e. The highest BCUT2D eigenvalue weighted by molar-refractivity contribution is 5.97. The number of aryl methyl sites for hydroxylation is 2. The van der Waals surface area contributed by atoms with Crippen LogP contribution >= 0.6 is 0 Å². The Morgan fingerprint density at radius 1 is 1.10 bits per heavy atom. The number of rotatable bonds is 8. The molecule has 0 spiro atoms. The summed E-state index contributed by atoms with van der Waals surface area (Å²) in [5.41, 5.74) is 8.85. The van der Waals surface area contributed by atoms with E-state index < -0.39 is 23.5 Å². The minimum Gasteiger partial charge on any atom is -0.368 e. The molecule has 4 aromatic rings. The molecule has 2 heterocycles. The first-order valence-electron chi connectivity index (χ1n) is 12.3. The molecule has 0 aliphatic heterocycles. The summed E-state index contributed by atoms with van der Waals surface area (Å²) in [6.07, 6.45) is 2.41. The van der Waals surface area contributed by atoms with Gasteiger partial charge in [-0.05, 0) is 54.2 Å². The van der Waals surface area contributed by atoms with E-state index in [4.69, 9.17) is 10.3 Å². The molecular formula is C27H24FN7O5. The van der Waals surface area contributed by atoms with E-state index in [1.54, 1.807) is 25.1 Å². The average molecular weight is 546 g/mol. The number of fused-ring (bicyclic) bond motifs is 1. The molecule has 1 atom stereocenters. The highest BCUT2D eigenvalue weighted by atomic mass is 19.1. The number of halogens is 1. The maximum absolute atomic E-state index is 13.5. The third-order valence-electron chi connectivity index (χ3n) is 6.59. The van der Waals surface area contributed by atoms with Crippen molar-refractivity contribution in [3.63, 3.8) is 0 Å². The predicted octanol–water partition coefficient (Wildman–Crippen LogP) is 1.57. The molecule has 13 heteroatoms. The minimum atomic E-state index is -0.789. The third-order valence-corrected chi connectivity index (χ3v) is 6.59. The fourth-order valence-electron chi connectivity index (χ4n) is 4.61. The Bertz CT molecular complexity index is 1700. The molecule has 0 radical (unpaired) electrons. The average Bonchev–Trinajstić information content (AvgIpc) is 3.51. The zero-order chi connectivity index (χ0) is 28.4. The van der Waals surface area contributed by atoms with Crippen LogP contribution in [0.4, 0.5) is 4.39 Å². The zero-order valence-corrected chi connectivity index (χ0v) is 21.3. The lowest BCUT2D eigenvalue weighted by atomic mass is 10.0. The van der Waals surface area contributed by atoms with E-state index in [0.29, 0.717) is 24.0 Å². The molecule has 0 bridgehead atoms. The smallest absolute Gasteiger partial charge is 0.368 e. The number of aromatic nitrogens is 4. The van der Waals surface area contributed by atoms with Gasteiger partial charge in [-0.1, -0.05) is 29.4 Å². The van der Waals surface area contributed by atoms with Gasteiger partial charge in [0.1, 0.15) is 30.1 Å². The van der Waals surface area contributed by atoms with Crippen LogP contribution in [0.15, 0.2) is 58.1 Å². The van der Waals surface area contributed by atoms with E-state index in [9.17, 15) is 23.6 Å². The van der Waals surface area contributed by atoms with E-state index in [0.717, 1.165) is 27.6 Å². The van der Waals surface area contributed by atoms with Gasteiger partial charge < -0.3 is 16.4 Å². The topological polar surface area (TPSA) is 175 Å². The van der Waals surface area contributed by atoms with Gasteiger partial charge in [0.05, 0.1) is 6.04 Å². The van der Waals surface area contributed by atoms with Crippen LogP contribution in [0.3, 0.4) is 0 Å². The van der Waals surface area contributed by atoms with Crippen molar-refractivity contribution >= 4 is 17.7 Å². The van der Waals surface area contributed by atoms with Crippen LogP contribution in [0.25, 0.3) is 11.4 Å². The Labute approximate surface area is 226 Å². The number of primary amides is 1. The Hall–Kier alpha value is -5.20. The Morgan fingerprint density at radius 2 is 1.88 bits per heavy atom. The summed E-state index contributed by atoms with van der Waals surface area (Å²) in [4.78, 5) is 56.8. The summed E-state index contributed by atoms with van der Waals surface area (Å²) < 4.78 is 19.2.